The zero-order chi connectivity index (χ0) is 13.5. The molecule has 4 nitrogen and oxygen atoms in total. The van der Waals surface area contributed by atoms with Gasteiger partial charge < -0.3 is 15.3 Å². The van der Waals surface area contributed by atoms with E-state index in [9.17, 15) is 8.78 Å². The summed E-state index contributed by atoms with van der Waals surface area (Å²) in [4.78, 5) is 5.50. The van der Waals surface area contributed by atoms with Crippen molar-refractivity contribution in [1.29, 1.82) is 0 Å². The number of nitrogens with one attached hydrogen (secondary N) is 1. The van der Waals surface area contributed by atoms with E-state index in [1.807, 2.05) is 6.92 Å². The van der Waals surface area contributed by atoms with Gasteiger partial charge in [-0.25, -0.2) is 13.8 Å². The van der Waals surface area contributed by atoms with Crippen molar-refractivity contribution in [2.24, 2.45) is 0 Å². The Morgan fingerprint density at radius 1 is 1.39 bits per heavy atom. The van der Waals surface area contributed by atoms with Gasteiger partial charge in [0.05, 0.1) is 0 Å². The van der Waals surface area contributed by atoms with Gasteiger partial charge in [0.1, 0.15) is 0 Å². The second-order valence-electron chi connectivity index (χ2n) is 4.05. The first-order valence-corrected chi connectivity index (χ1v) is 6.02. The summed E-state index contributed by atoms with van der Waals surface area (Å²) in [5.41, 5.74) is 0. The van der Waals surface area contributed by atoms with Crippen molar-refractivity contribution < 1.29 is 13.9 Å². The van der Waals surface area contributed by atoms with Crippen molar-refractivity contribution in [1.82, 2.24) is 4.98 Å². The maximum Gasteiger partial charge on any atom is 0.168 e. The highest BCUT2D eigenvalue weighted by Crippen LogP contribution is 2.21. The molecule has 1 rings (SSSR count). The molecule has 1 heterocycles. The predicted molar refractivity (Wildman–Crippen MR) is 67.9 cm³/mol. The normalized spacial score (nSPS) is 10.5. The van der Waals surface area contributed by atoms with Crippen molar-refractivity contribution in [2.75, 3.05) is 37.0 Å². The van der Waals surface area contributed by atoms with Crippen molar-refractivity contribution in [3.63, 3.8) is 0 Å². The van der Waals surface area contributed by atoms with Crippen molar-refractivity contribution in [3.05, 3.63) is 17.7 Å². The molecule has 1 aromatic heterocycles. The van der Waals surface area contributed by atoms with E-state index >= 15 is 0 Å². The van der Waals surface area contributed by atoms with Gasteiger partial charge in [0, 0.05) is 32.8 Å². The third kappa shape index (κ3) is 3.80. The molecule has 0 aromatic carbocycles. The van der Waals surface area contributed by atoms with E-state index in [2.05, 4.69) is 10.3 Å². The number of nitrogens with zero attached hydrogens (tertiary/aromatic N) is 2. The molecule has 1 aromatic rings. The van der Waals surface area contributed by atoms with E-state index in [0.717, 1.165) is 12.5 Å². The van der Waals surface area contributed by atoms with Crippen LogP contribution in [-0.2, 0) is 0 Å². The summed E-state index contributed by atoms with van der Waals surface area (Å²) in [5.74, 6) is -1.25. The monoisotopic (exact) mass is 259 g/mol. The Morgan fingerprint density at radius 2 is 2.11 bits per heavy atom. The number of halogens is 2. The third-order valence-corrected chi connectivity index (χ3v) is 2.47. The van der Waals surface area contributed by atoms with Gasteiger partial charge >= 0.3 is 0 Å². The molecule has 0 aliphatic heterocycles. The van der Waals surface area contributed by atoms with Crippen LogP contribution in [0.1, 0.15) is 19.8 Å². The van der Waals surface area contributed by atoms with E-state index < -0.39 is 11.6 Å². The van der Waals surface area contributed by atoms with Crippen LogP contribution in [0.3, 0.4) is 0 Å². The van der Waals surface area contributed by atoms with Crippen LogP contribution in [0.4, 0.5) is 20.4 Å². The van der Waals surface area contributed by atoms with Gasteiger partial charge in [-0.05, 0) is 12.8 Å². The van der Waals surface area contributed by atoms with E-state index in [1.54, 1.807) is 11.9 Å². The fourth-order valence-corrected chi connectivity index (χ4v) is 1.51. The van der Waals surface area contributed by atoms with Crippen molar-refractivity contribution >= 4 is 11.6 Å². The third-order valence-electron chi connectivity index (χ3n) is 2.47. The maximum absolute atomic E-state index is 13.6. The fourth-order valence-electron chi connectivity index (χ4n) is 1.51. The Balaban J connectivity index is 2.89. The number of hydrogen-bond donors (Lipinski definition) is 2. The van der Waals surface area contributed by atoms with Crippen LogP contribution in [0.5, 0.6) is 0 Å². The molecule has 0 unspecified atom stereocenters. The van der Waals surface area contributed by atoms with Gasteiger partial charge in [-0.15, -0.1) is 0 Å². The molecule has 0 aliphatic rings. The Bertz CT molecular complexity index is 388. The summed E-state index contributed by atoms with van der Waals surface area (Å²) >= 11 is 0. The van der Waals surface area contributed by atoms with Crippen molar-refractivity contribution in [2.45, 2.75) is 19.8 Å². The lowest BCUT2D eigenvalue weighted by atomic mass is 10.3. The number of aliphatic hydroxyl groups excluding tert-OH is 1. The van der Waals surface area contributed by atoms with Gasteiger partial charge in [0.25, 0.3) is 0 Å². The number of pyridine rings is 1. The first kappa shape index (κ1) is 14.6. The molecule has 0 saturated carbocycles. The molecule has 0 amide bonds. The highest BCUT2D eigenvalue weighted by molar-refractivity contribution is 5.48. The summed E-state index contributed by atoms with van der Waals surface area (Å²) in [6.07, 6.45) is 1.33. The number of aromatic nitrogens is 1. The van der Waals surface area contributed by atoms with Crippen LogP contribution < -0.4 is 10.2 Å². The smallest absolute Gasteiger partial charge is 0.168 e. The average Bonchev–Trinajstić information content (AvgIpc) is 2.35. The van der Waals surface area contributed by atoms with Crippen LogP contribution in [-0.4, -0.2) is 36.8 Å². The zero-order valence-electron chi connectivity index (χ0n) is 10.7. The summed E-state index contributed by atoms with van der Waals surface area (Å²) in [5, 5.41) is 11.5. The lowest BCUT2D eigenvalue weighted by Gasteiger charge is -2.19. The first-order chi connectivity index (χ1) is 8.60. The van der Waals surface area contributed by atoms with E-state index in [-0.39, 0.29) is 18.2 Å². The van der Waals surface area contributed by atoms with Gasteiger partial charge in [0.15, 0.2) is 23.3 Å². The summed E-state index contributed by atoms with van der Waals surface area (Å²) in [6.45, 7) is 3.01. The predicted octanol–water partition coefficient (Wildman–Crippen LogP) is 2.00. The van der Waals surface area contributed by atoms with Crippen LogP contribution >= 0.6 is 0 Å². The Labute approximate surface area is 106 Å². The molecule has 0 fully saturated rings. The Morgan fingerprint density at radius 3 is 2.72 bits per heavy atom. The number of anilines is 2. The molecule has 0 atom stereocenters. The largest absolute Gasteiger partial charge is 0.396 e. The van der Waals surface area contributed by atoms with Gasteiger partial charge in [-0.3, -0.25) is 0 Å². The minimum absolute atomic E-state index is 0.0219. The molecule has 0 bridgehead atoms. The van der Waals surface area contributed by atoms with E-state index in [1.165, 1.54) is 0 Å². The zero-order valence-corrected chi connectivity index (χ0v) is 10.7. The number of aliphatic hydroxyl groups is 1. The Kier molecular flexibility index (Phi) is 5.77. The van der Waals surface area contributed by atoms with Gasteiger partial charge in [-0.2, -0.15) is 0 Å². The van der Waals surface area contributed by atoms with Crippen LogP contribution in [0.25, 0.3) is 0 Å². The fraction of sp³-hybridized carbons (Fsp3) is 0.583. The summed E-state index contributed by atoms with van der Waals surface area (Å²) < 4.78 is 27.0. The highest BCUT2D eigenvalue weighted by Gasteiger charge is 2.14. The minimum atomic E-state index is -0.699. The molecule has 18 heavy (non-hydrogen) atoms. The number of rotatable bonds is 7. The van der Waals surface area contributed by atoms with E-state index in [4.69, 9.17) is 5.11 Å². The standard InChI is InChI=1S/C12H19F2N3O/c1-3-5-15-11-9(13)8-10(14)12(16-11)17(2)6-4-7-18/h8,18H,3-7H2,1-2H3,(H,15,16). The van der Waals surface area contributed by atoms with Crippen LogP contribution in [0, 0.1) is 11.6 Å². The van der Waals surface area contributed by atoms with Crippen LogP contribution in [0.15, 0.2) is 6.07 Å². The summed E-state index contributed by atoms with van der Waals surface area (Å²) in [6, 6.07) is 0.829. The number of hydrogen-bond acceptors (Lipinski definition) is 4. The van der Waals surface area contributed by atoms with Gasteiger partial charge in [0.2, 0.25) is 0 Å². The molecule has 2 N–H and O–H groups in total. The minimum Gasteiger partial charge on any atom is -0.396 e. The van der Waals surface area contributed by atoms with Crippen LogP contribution in [0.2, 0.25) is 0 Å². The average molecular weight is 259 g/mol. The molecular formula is C12H19F2N3O. The van der Waals surface area contributed by atoms with E-state index in [0.29, 0.717) is 19.5 Å². The molecule has 0 radical (unpaired) electrons. The van der Waals surface area contributed by atoms with Crippen molar-refractivity contribution in [3.8, 4) is 0 Å². The molecule has 102 valence electrons. The van der Waals surface area contributed by atoms with Gasteiger partial charge in [-0.1, -0.05) is 6.92 Å². The lowest BCUT2D eigenvalue weighted by molar-refractivity contribution is 0.290. The molecule has 0 saturated heterocycles. The molecule has 6 heteroatoms. The molecule has 0 aliphatic carbocycles. The second kappa shape index (κ2) is 7.10. The molecular weight excluding hydrogens is 240 g/mol. The quantitative estimate of drug-likeness (QED) is 0.786. The Hall–Kier alpha value is -1.43. The topological polar surface area (TPSA) is 48.4 Å². The maximum atomic E-state index is 13.6. The second-order valence-corrected chi connectivity index (χ2v) is 4.05. The SMILES string of the molecule is CCCNc1nc(N(C)CCCO)c(F)cc1F. The summed E-state index contributed by atoms with van der Waals surface area (Å²) in [7, 11) is 1.66. The first-order valence-electron chi connectivity index (χ1n) is 6.02. The molecule has 0 spiro atoms. The highest BCUT2D eigenvalue weighted by atomic mass is 19.1. The lowest BCUT2D eigenvalue weighted by Crippen LogP contribution is -2.22.